The normalized spacial score (nSPS) is 24.5. The lowest BCUT2D eigenvalue weighted by molar-refractivity contribution is -0.134. The summed E-state index contributed by atoms with van der Waals surface area (Å²) in [5.74, 6) is 0.413. The maximum Gasteiger partial charge on any atom is 0.155 e. The Bertz CT molecular complexity index is 227. The lowest BCUT2D eigenvalue weighted by atomic mass is 9.82. The van der Waals surface area contributed by atoms with Gasteiger partial charge in [0.1, 0.15) is 0 Å². The summed E-state index contributed by atoms with van der Waals surface area (Å²) in [6, 6.07) is 0.653. The molecule has 1 aliphatic rings. The van der Waals surface area contributed by atoms with Crippen LogP contribution in [0.25, 0.3) is 0 Å². The smallest absolute Gasteiger partial charge is 0.155 e. The summed E-state index contributed by atoms with van der Waals surface area (Å²) in [6.07, 6.45) is 3.50. The highest BCUT2D eigenvalue weighted by atomic mass is 16.1. The molecule has 2 heteroatoms. The van der Waals surface area contributed by atoms with E-state index in [2.05, 4.69) is 18.7 Å². The fraction of sp³-hybridized carbons (Fsp3) is 0.923. The van der Waals surface area contributed by atoms with E-state index in [0.29, 0.717) is 11.8 Å². The first-order valence-corrected chi connectivity index (χ1v) is 6.14. The van der Waals surface area contributed by atoms with Crippen molar-refractivity contribution in [3.8, 4) is 0 Å². The summed E-state index contributed by atoms with van der Waals surface area (Å²) in [7, 11) is 0. The molecule has 0 aromatic carbocycles. The second-order valence-corrected chi connectivity index (χ2v) is 5.96. The van der Waals surface area contributed by atoms with Crippen LogP contribution in [0, 0.1) is 5.41 Å². The van der Waals surface area contributed by atoms with Gasteiger partial charge in [-0.25, -0.2) is 0 Å². The van der Waals surface area contributed by atoms with Crippen LogP contribution in [0.15, 0.2) is 0 Å². The fourth-order valence-corrected chi connectivity index (χ4v) is 2.35. The van der Waals surface area contributed by atoms with Crippen LogP contribution in [0.3, 0.4) is 0 Å². The first-order chi connectivity index (χ1) is 6.84. The van der Waals surface area contributed by atoms with Gasteiger partial charge in [0.05, 0.1) is 6.04 Å². The van der Waals surface area contributed by atoms with Gasteiger partial charge in [-0.3, -0.25) is 9.69 Å². The molecule has 0 spiro atoms. The average Bonchev–Trinajstić information content (AvgIpc) is 2.15. The van der Waals surface area contributed by atoms with Gasteiger partial charge in [0.15, 0.2) is 5.78 Å². The van der Waals surface area contributed by atoms with Crippen molar-refractivity contribution in [3.63, 3.8) is 0 Å². The van der Waals surface area contributed by atoms with Crippen LogP contribution >= 0.6 is 0 Å². The van der Waals surface area contributed by atoms with Crippen molar-refractivity contribution in [1.29, 1.82) is 0 Å². The molecular formula is C13H25NO. The highest BCUT2D eigenvalue weighted by Gasteiger charge is 2.35. The minimum atomic E-state index is -0.199. The Morgan fingerprint density at radius 1 is 1.27 bits per heavy atom. The van der Waals surface area contributed by atoms with E-state index in [-0.39, 0.29) is 11.5 Å². The van der Waals surface area contributed by atoms with Gasteiger partial charge < -0.3 is 0 Å². The maximum atomic E-state index is 12.3. The number of carbonyl (C=O) groups is 1. The Hall–Kier alpha value is -0.370. The van der Waals surface area contributed by atoms with E-state index in [9.17, 15) is 4.79 Å². The molecule has 1 rings (SSSR count). The third kappa shape index (κ3) is 3.04. The van der Waals surface area contributed by atoms with Crippen LogP contribution in [0.1, 0.15) is 53.9 Å². The minimum Gasteiger partial charge on any atom is -0.297 e. The number of hydrogen-bond acceptors (Lipinski definition) is 2. The molecule has 0 amide bonds. The number of nitrogens with zero attached hydrogens (tertiary/aromatic N) is 1. The molecule has 2 nitrogen and oxygen atoms in total. The quantitative estimate of drug-likeness (QED) is 0.700. The van der Waals surface area contributed by atoms with Crippen LogP contribution < -0.4 is 0 Å². The minimum absolute atomic E-state index is 0.166. The van der Waals surface area contributed by atoms with E-state index < -0.39 is 0 Å². The number of ketones is 1. The third-order valence-corrected chi connectivity index (χ3v) is 3.25. The van der Waals surface area contributed by atoms with Crippen molar-refractivity contribution in [1.82, 2.24) is 4.90 Å². The summed E-state index contributed by atoms with van der Waals surface area (Å²) >= 11 is 0. The number of likely N-dealkylation sites (tertiary alicyclic amines) is 1. The second-order valence-electron chi connectivity index (χ2n) is 5.96. The zero-order valence-electron chi connectivity index (χ0n) is 10.8. The van der Waals surface area contributed by atoms with Crippen molar-refractivity contribution < 1.29 is 4.79 Å². The molecule has 1 fully saturated rings. The van der Waals surface area contributed by atoms with Crippen LogP contribution in [0.5, 0.6) is 0 Å². The van der Waals surface area contributed by atoms with Crippen molar-refractivity contribution in [2.75, 3.05) is 6.54 Å². The van der Waals surface area contributed by atoms with Gasteiger partial charge in [-0.05, 0) is 33.2 Å². The van der Waals surface area contributed by atoms with Crippen LogP contribution in [0.2, 0.25) is 0 Å². The molecule has 15 heavy (non-hydrogen) atoms. The number of hydrogen-bond donors (Lipinski definition) is 0. The van der Waals surface area contributed by atoms with E-state index in [1.54, 1.807) is 0 Å². The SMILES string of the molecule is CC(C)N1CCCC[C@H]1C(=O)C(C)(C)C. The van der Waals surface area contributed by atoms with Gasteiger partial charge in [0.2, 0.25) is 0 Å². The van der Waals surface area contributed by atoms with E-state index in [0.717, 1.165) is 13.0 Å². The Balaban J connectivity index is 2.77. The molecule has 1 atom stereocenters. The van der Waals surface area contributed by atoms with Crippen molar-refractivity contribution >= 4 is 5.78 Å². The van der Waals surface area contributed by atoms with Gasteiger partial charge in [-0.1, -0.05) is 27.2 Å². The summed E-state index contributed by atoms with van der Waals surface area (Å²) in [6.45, 7) is 11.6. The Morgan fingerprint density at radius 3 is 2.33 bits per heavy atom. The molecule has 1 saturated heterocycles. The van der Waals surface area contributed by atoms with Gasteiger partial charge in [0, 0.05) is 11.5 Å². The molecule has 0 aliphatic carbocycles. The van der Waals surface area contributed by atoms with Gasteiger partial charge in [0.25, 0.3) is 0 Å². The van der Waals surface area contributed by atoms with Crippen molar-refractivity contribution in [2.24, 2.45) is 5.41 Å². The molecule has 1 aliphatic heterocycles. The second kappa shape index (κ2) is 4.65. The van der Waals surface area contributed by atoms with Crippen LogP contribution in [0.4, 0.5) is 0 Å². The van der Waals surface area contributed by atoms with Crippen LogP contribution in [-0.4, -0.2) is 29.3 Å². The van der Waals surface area contributed by atoms with E-state index >= 15 is 0 Å². The highest BCUT2D eigenvalue weighted by Crippen LogP contribution is 2.27. The van der Waals surface area contributed by atoms with Gasteiger partial charge in [-0.15, -0.1) is 0 Å². The van der Waals surface area contributed by atoms with E-state index in [1.807, 2.05) is 20.8 Å². The fourth-order valence-electron chi connectivity index (χ4n) is 2.35. The monoisotopic (exact) mass is 211 g/mol. The number of Topliss-reactive ketones (excluding diaryl/α,β-unsaturated/α-hetero) is 1. The number of rotatable bonds is 2. The highest BCUT2D eigenvalue weighted by molar-refractivity contribution is 5.88. The summed E-state index contributed by atoms with van der Waals surface area (Å²) in [5, 5.41) is 0. The zero-order valence-corrected chi connectivity index (χ0v) is 10.8. The molecule has 1 heterocycles. The van der Waals surface area contributed by atoms with Gasteiger partial charge >= 0.3 is 0 Å². The molecule has 0 aromatic heterocycles. The zero-order chi connectivity index (χ0) is 11.6. The first-order valence-electron chi connectivity index (χ1n) is 6.14. The molecule has 0 N–H and O–H groups in total. The predicted molar refractivity (Wildman–Crippen MR) is 63.9 cm³/mol. The summed E-state index contributed by atoms with van der Waals surface area (Å²) in [5.41, 5.74) is -0.199. The average molecular weight is 211 g/mol. The molecule has 0 saturated carbocycles. The summed E-state index contributed by atoms with van der Waals surface area (Å²) < 4.78 is 0. The topological polar surface area (TPSA) is 20.3 Å². The molecule has 0 radical (unpaired) electrons. The largest absolute Gasteiger partial charge is 0.297 e. The molecular weight excluding hydrogens is 186 g/mol. The van der Waals surface area contributed by atoms with E-state index in [4.69, 9.17) is 0 Å². The van der Waals surface area contributed by atoms with Crippen molar-refractivity contribution in [2.45, 2.75) is 66.0 Å². The molecule has 0 unspecified atom stereocenters. The lowest BCUT2D eigenvalue weighted by Gasteiger charge is -2.40. The Kier molecular flexibility index (Phi) is 3.93. The standard InChI is InChI=1S/C13H25NO/c1-10(2)14-9-7-6-8-11(14)12(15)13(3,4)5/h10-11H,6-9H2,1-5H3/t11-/m0/s1. The van der Waals surface area contributed by atoms with Gasteiger partial charge in [-0.2, -0.15) is 0 Å². The number of piperidine rings is 1. The maximum absolute atomic E-state index is 12.3. The summed E-state index contributed by atoms with van der Waals surface area (Å²) in [4.78, 5) is 14.7. The molecule has 0 bridgehead atoms. The predicted octanol–water partition coefficient (Wildman–Crippen LogP) is 2.86. The third-order valence-electron chi connectivity index (χ3n) is 3.25. The first kappa shape index (κ1) is 12.7. The molecule has 88 valence electrons. The van der Waals surface area contributed by atoms with Crippen molar-refractivity contribution in [3.05, 3.63) is 0 Å². The van der Waals surface area contributed by atoms with Crippen LogP contribution in [-0.2, 0) is 4.79 Å². The number of carbonyl (C=O) groups excluding carboxylic acids is 1. The Morgan fingerprint density at radius 2 is 1.87 bits per heavy atom. The lowest BCUT2D eigenvalue weighted by Crippen LogP contribution is -2.51. The Labute approximate surface area is 94.0 Å². The molecule has 0 aromatic rings. The van der Waals surface area contributed by atoms with E-state index in [1.165, 1.54) is 12.8 Å².